The third kappa shape index (κ3) is 2.46. The number of hydrogen-bond donors (Lipinski definition) is 0. The second-order valence-corrected chi connectivity index (χ2v) is 6.65. The smallest absolute Gasteiger partial charge is 0.225 e. The summed E-state index contributed by atoms with van der Waals surface area (Å²) >= 11 is 0. The summed E-state index contributed by atoms with van der Waals surface area (Å²) in [5, 5.41) is 4.22. The Balaban J connectivity index is 1.52. The fourth-order valence-electron chi connectivity index (χ4n) is 3.53. The Hall–Kier alpha value is -1.36. The number of hydrogen-bond acceptors (Lipinski definition) is 3. The fraction of sp³-hybridized carbons (Fsp3) is 0.733. The number of amides is 1. The van der Waals surface area contributed by atoms with Crippen molar-refractivity contribution in [1.82, 2.24) is 19.6 Å². The van der Waals surface area contributed by atoms with Gasteiger partial charge in [-0.05, 0) is 37.8 Å². The monoisotopic (exact) mass is 276 g/mol. The number of piperidine rings is 1. The summed E-state index contributed by atoms with van der Waals surface area (Å²) in [6.07, 6.45) is 7.46. The minimum atomic E-state index is 0.290. The van der Waals surface area contributed by atoms with E-state index in [0.717, 1.165) is 38.9 Å². The third-order valence-electron chi connectivity index (χ3n) is 4.94. The number of nitrogens with zero attached hydrogens (tertiary/aromatic N) is 4. The highest BCUT2D eigenvalue weighted by Crippen LogP contribution is 2.59. The molecular formula is C15H24N4O. The molecule has 2 heterocycles. The molecule has 20 heavy (non-hydrogen) atoms. The highest BCUT2D eigenvalue weighted by atomic mass is 16.2. The largest absolute Gasteiger partial charge is 0.349 e. The van der Waals surface area contributed by atoms with Crippen molar-refractivity contribution in [2.45, 2.75) is 25.8 Å². The van der Waals surface area contributed by atoms with Gasteiger partial charge >= 0.3 is 0 Å². The van der Waals surface area contributed by atoms with E-state index in [9.17, 15) is 4.79 Å². The lowest BCUT2D eigenvalue weighted by Gasteiger charge is -2.32. The molecule has 5 nitrogen and oxygen atoms in total. The zero-order valence-corrected chi connectivity index (χ0v) is 12.7. The number of carbonyl (C=O) groups is 1. The topological polar surface area (TPSA) is 41.4 Å². The minimum Gasteiger partial charge on any atom is -0.349 e. The van der Waals surface area contributed by atoms with E-state index < -0.39 is 0 Å². The van der Waals surface area contributed by atoms with E-state index in [1.807, 2.05) is 32.0 Å². The number of aromatic nitrogens is 2. The average molecular weight is 276 g/mol. The molecule has 1 aliphatic carbocycles. The normalized spacial score (nSPS) is 24.9. The van der Waals surface area contributed by atoms with Crippen LogP contribution in [0.4, 0.5) is 0 Å². The van der Waals surface area contributed by atoms with Crippen molar-refractivity contribution in [1.29, 1.82) is 0 Å². The van der Waals surface area contributed by atoms with Crippen LogP contribution in [-0.2, 0) is 18.4 Å². The van der Waals surface area contributed by atoms with Crippen LogP contribution in [0.3, 0.4) is 0 Å². The molecule has 3 rings (SSSR count). The Kier molecular flexibility index (Phi) is 3.32. The van der Waals surface area contributed by atoms with E-state index in [2.05, 4.69) is 16.2 Å². The SMILES string of the molecule is CN(C)C(=O)[C@@H]1CC12CCN(Cc1cnn(C)c1)CC2. The maximum atomic E-state index is 12.1. The van der Waals surface area contributed by atoms with Gasteiger partial charge in [-0.2, -0.15) is 5.10 Å². The van der Waals surface area contributed by atoms with Gasteiger partial charge in [0.1, 0.15) is 0 Å². The molecule has 1 spiro atoms. The maximum absolute atomic E-state index is 12.1. The summed E-state index contributed by atoms with van der Waals surface area (Å²) in [4.78, 5) is 16.3. The molecule has 1 aromatic heterocycles. The lowest BCUT2D eigenvalue weighted by atomic mass is 9.90. The van der Waals surface area contributed by atoms with Crippen LogP contribution in [0, 0.1) is 11.3 Å². The van der Waals surface area contributed by atoms with Crippen molar-refractivity contribution in [3.8, 4) is 0 Å². The lowest BCUT2D eigenvalue weighted by Crippen LogP contribution is -2.36. The molecule has 1 saturated carbocycles. The molecule has 5 heteroatoms. The molecule has 1 saturated heterocycles. The minimum absolute atomic E-state index is 0.290. The summed E-state index contributed by atoms with van der Waals surface area (Å²) in [6, 6.07) is 0. The summed E-state index contributed by atoms with van der Waals surface area (Å²) in [5.41, 5.74) is 1.60. The van der Waals surface area contributed by atoms with Crippen LogP contribution in [0.1, 0.15) is 24.8 Å². The summed E-state index contributed by atoms with van der Waals surface area (Å²) in [6.45, 7) is 3.19. The molecule has 2 fully saturated rings. The molecule has 2 aliphatic rings. The van der Waals surface area contributed by atoms with E-state index in [0.29, 0.717) is 11.3 Å². The molecule has 1 aromatic rings. The first-order valence-corrected chi connectivity index (χ1v) is 7.41. The van der Waals surface area contributed by atoms with Gasteiger partial charge in [-0.25, -0.2) is 0 Å². The van der Waals surface area contributed by atoms with Gasteiger partial charge in [-0.1, -0.05) is 0 Å². The Morgan fingerprint density at radius 2 is 2.15 bits per heavy atom. The van der Waals surface area contributed by atoms with Gasteiger partial charge in [0, 0.05) is 45.4 Å². The first-order chi connectivity index (χ1) is 9.50. The molecule has 110 valence electrons. The zero-order valence-electron chi connectivity index (χ0n) is 12.7. The number of likely N-dealkylation sites (tertiary alicyclic amines) is 1. The quantitative estimate of drug-likeness (QED) is 0.830. The zero-order chi connectivity index (χ0) is 14.3. The Morgan fingerprint density at radius 1 is 1.45 bits per heavy atom. The predicted molar refractivity (Wildman–Crippen MR) is 77.0 cm³/mol. The average Bonchev–Trinajstić information content (AvgIpc) is 2.96. The maximum Gasteiger partial charge on any atom is 0.225 e. The van der Waals surface area contributed by atoms with Crippen molar-refractivity contribution >= 4 is 5.91 Å². The van der Waals surface area contributed by atoms with Crippen molar-refractivity contribution in [2.24, 2.45) is 18.4 Å². The van der Waals surface area contributed by atoms with E-state index in [1.165, 1.54) is 5.56 Å². The van der Waals surface area contributed by atoms with Gasteiger partial charge in [0.15, 0.2) is 0 Å². The molecule has 0 aromatic carbocycles. The molecule has 0 unspecified atom stereocenters. The van der Waals surface area contributed by atoms with Gasteiger partial charge in [0.2, 0.25) is 5.91 Å². The fourth-order valence-corrected chi connectivity index (χ4v) is 3.53. The highest BCUT2D eigenvalue weighted by molar-refractivity contribution is 5.82. The van der Waals surface area contributed by atoms with Gasteiger partial charge in [0.05, 0.1) is 6.20 Å². The summed E-state index contributed by atoms with van der Waals surface area (Å²) in [7, 11) is 5.69. The van der Waals surface area contributed by atoms with Crippen LogP contribution < -0.4 is 0 Å². The van der Waals surface area contributed by atoms with Crippen molar-refractivity contribution in [3.05, 3.63) is 18.0 Å². The van der Waals surface area contributed by atoms with E-state index >= 15 is 0 Å². The van der Waals surface area contributed by atoms with Crippen molar-refractivity contribution in [2.75, 3.05) is 27.2 Å². The molecule has 1 aliphatic heterocycles. The van der Waals surface area contributed by atoms with Crippen LogP contribution in [0.5, 0.6) is 0 Å². The number of carbonyl (C=O) groups excluding carboxylic acids is 1. The second kappa shape index (κ2) is 4.88. The molecular weight excluding hydrogens is 252 g/mol. The van der Waals surface area contributed by atoms with Crippen molar-refractivity contribution < 1.29 is 4.79 Å². The Bertz CT molecular complexity index is 500. The highest BCUT2D eigenvalue weighted by Gasteiger charge is 2.58. The van der Waals surface area contributed by atoms with Crippen molar-refractivity contribution in [3.63, 3.8) is 0 Å². The molecule has 0 N–H and O–H groups in total. The van der Waals surface area contributed by atoms with Crippen LogP contribution in [-0.4, -0.2) is 52.7 Å². The molecule has 0 radical (unpaired) electrons. The van der Waals surface area contributed by atoms with Gasteiger partial charge in [-0.3, -0.25) is 14.4 Å². The number of aryl methyl sites for hydroxylation is 1. The van der Waals surface area contributed by atoms with Gasteiger partial charge < -0.3 is 4.90 Å². The van der Waals surface area contributed by atoms with Gasteiger partial charge in [0.25, 0.3) is 0 Å². The van der Waals surface area contributed by atoms with Crippen LogP contribution in [0.2, 0.25) is 0 Å². The third-order valence-corrected chi connectivity index (χ3v) is 4.94. The lowest BCUT2D eigenvalue weighted by molar-refractivity contribution is -0.131. The Labute approximate surface area is 120 Å². The molecule has 1 amide bonds. The summed E-state index contributed by atoms with van der Waals surface area (Å²) < 4.78 is 1.85. The molecule has 0 bridgehead atoms. The number of rotatable bonds is 3. The van der Waals surface area contributed by atoms with Crippen LogP contribution in [0.15, 0.2) is 12.4 Å². The molecule has 1 atom stereocenters. The predicted octanol–water partition coefficient (Wildman–Crippen LogP) is 1.11. The summed E-state index contributed by atoms with van der Waals surface area (Å²) in [5.74, 6) is 0.615. The first kappa shape index (κ1) is 13.6. The second-order valence-electron chi connectivity index (χ2n) is 6.65. The van der Waals surface area contributed by atoms with Crippen LogP contribution >= 0.6 is 0 Å². The van der Waals surface area contributed by atoms with Gasteiger partial charge in [-0.15, -0.1) is 0 Å². The van der Waals surface area contributed by atoms with E-state index in [4.69, 9.17) is 0 Å². The van der Waals surface area contributed by atoms with E-state index in [-0.39, 0.29) is 5.92 Å². The Morgan fingerprint density at radius 3 is 2.70 bits per heavy atom. The first-order valence-electron chi connectivity index (χ1n) is 7.41. The van der Waals surface area contributed by atoms with Crippen LogP contribution in [0.25, 0.3) is 0 Å². The standard InChI is InChI=1S/C15H24N4O/c1-17(2)14(20)13-8-15(13)4-6-19(7-5-15)11-12-9-16-18(3)10-12/h9-10,13H,4-8,11H2,1-3H3/t13-/m0/s1. The van der Waals surface area contributed by atoms with E-state index in [1.54, 1.807) is 4.90 Å².